The molecule has 0 heterocycles. The molecule has 0 amide bonds. The molecule has 5 heteroatoms. The Kier molecular flexibility index (Phi) is 6.19. The third kappa shape index (κ3) is 3.51. The number of esters is 2. The summed E-state index contributed by atoms with van der Waals surface area (Å²) in [6, 6.07) is 0. The van der Waals surface area contributed by atoms with Crippen molar-refractivity contribution >= 4 is 17.7 Å². The topological polar surface area (TPSA) is 69.7 Å². The van der Waals surface area contributed by atoms with E-state index in [-0.39, 0.29) is 62.7 Å². The van der Waals surface area contributed by atoms with Gasteiger partial charge in [0.25, 0.3) is 0 Å². The smallest absolute Gasteiger partial charge is 0.312 e. The molecule has 0 aromatic rings. The summed E-state index contributed by atoms with van der Waals surface area (Å²) >= 11 is 0. The van der Waals surface area contributed by atoms with Crippen LogP contribution in [0, 0.1) is 50.2 Å². The van der Waals surface area contributed by atoms with E-state index in [2.05, 4.69) is 54.5 Å². The number of carbonyl (C=O) groups excluding carboxylic acids is 3. The number of ketones is 1. The van der Waals surface area contributed by atoms with Gasteiger partial charge in [-0.2, -0.15) is 0 Å². The molecule has 0 aromatic carbocycles. The molecular weight excluding hydrogens is 476 g/mol. The first-order valence-electron chi connectivity index (χ1n) is 15.0. The molecule has 5 rings (SSSR count). The van der Waals surface area contributed by atoms with Crippen molar-refractivity contribution in [3.8, 4) is 0 Å². The summed E-state index contributed by atoms with van der Waals surface area (Å²) < 4.78 is 11.3. The van der Waals surface area contributed by atoms with Crippen molar-refractivity contribution in [2.75, 3.05) is 7.11 Å². The summed E-state index contributed by atoms with van der Waals surface area (Å²) in [7, 11) is 1.51. The van der Waals surface area contributed by atoms with Crippen molar-refractivity contribution in [2.24, 2.45) is 50.2 Å². The molecule has 5 aliphatic rings. The average molecular weight is 527 g/mol. The molecule has 0 radical (unpaired) electrons. The van der Waals surface area contributed by atoms with Gasteiger partial charge in [-0.25, -0.2) is 0 Å². The monoisotopic (exact) mass is 526 g/mol. The molecule has 4 saturated carbocycles. The van der Waals surface area contributed by atoms with Gasteiger partial charge in [-0.15, -0.1) is 0 Å². The molecule has 5 aliphatic carbocycles. The second kappa shape index (κ2) is 8.43. The number of allylic oxidation sites excluding steroid dienone is 2. The molecule has 0 aliphatic heterocycles. The zero-order valence-corrected chi connectivity index (χ0v) is 25.3. The highest BCUT2D eigenvalue weighted by Gasteiger charge is 2.71. The van der Waals surface area contributed by atoms with Gasteiger partial charge in [0.05, 0.1) is 12.5 Å². The third-order valence-corrected chi connectivity index (χ3v) is 13.2. The lowest BCUT2D eigenvalue weighted by Gasteiger charge is -2.70. The second-order valence-electron chi connectivity index (χ2n) is 15.8. The Hall–Kier alpha value is -1.65. The number of rotatable bonds is 2. The van der Waals surface area contributed by atoms with Crippen LogP contribution in [-0.4, -0.2) is 30.9 Å². The SMILES string of the molecule is COC(=O)[C@@]12CCC(C)(C)C[C@H]1[C@@H]1C(=O)C=C3[C@]4(C)CC[C@@H](OC(C)=O)C(C)(C)C4CC[C@]3(C)[C@@]1(C)CC2. The van der Waals surface area contributed by atoms with E-state index in [9.17, 15) is 14.4 Å². The first kappa shape index (κ1) is 27.9. The Bertz CT molecular complexity index is 1080. The fourth-order valence-corrected chi connectivity index (χ4v) is 11.0. The zero-order valence-electron chi connectivity index (χ0n) is 25.3. The first-order valence-corrected chi connectivity index (χ1v) is 15.0. The largest absolute Gasteiger partial charge is 0.469 e. The molecule has 8 atom stereocenters. The summed E-state index contributed by atoms with van der Waals surface area (Å²) in [6.07, 6.45) is 10.2. The quantitative estimate of drug-likeness (QED) is 0.360. The summed E-state index contributed by atoms with van der Waals surface area (Å²) in [5, 5.41) is 0. The zero-order chi connectivity index (χ0) is 28.1. The van der Waals surface area contributed by atoms with E-state index in [4.69, 9.17) is 9.47 Å². The predicted molar refractivity (Wildman–Crippen MR) is 147 cm³/mol. The van der Waals surface area contributed by atoms with E-state index in [1.165, 1.54) is 19.6 Å². The molecule has 0 spiro atoms. The highest BCUT2D eigenvalue weighted by molar-refractivity contribution is 5.96. The molecule has 0 saturated heterocycles. The van der Waals surface area contributed by atoms with Gasteiger partial charge in [0, 0.05) is 18.3 Å². The highest BCUT2D eigenvalue weighted by atomic mass is 16.5. The Morgan fingerprint density at radius 3 is 2.18 bits per heavy atom. The van der Waals surface area contributed by atoms with E-state index in [1.54, 1.807) is 0 Å². The van der Waals surface area contributed by atoms with Crippen molar-refractivity contribution in [3.05, 3.63) is 11.6 Å². The van der Waals surface area contributed by atoms with Crippen molar-refractivity contribution in [2.45, 2.75) is 119 Å². The number of carbonyl (C=O) groups is 3. The van der Waals surface area contributed by atoms with Crippen LogP contribution < -0.4 is 0 Å². The van der Waals surface area contributed by atoms with Gasteiger partial charge in [-0.05, 0) is 97.4 Å². The minimum atomic E-state index is -0.545. The van der Waals surface area contributed by atoms with Crippen LogP contribution in [0.5, 0.6) is 0 Å². The van der Waals surface area contributed by atoms with Gasteiger partial charge >= 0.3 is 11.9 Å². The molecule has 1 unspecified atom stereocenters. The van der Waals surface area contributed by atoms with E-state index < -0.39 is 5.41 Å². The van der Waals surface area contributed by atoms with Gasteiger partial charge in [-0.1, -0.05) is 54.0 Å². The molecule has 5 nitrogen and oxygen atoms in total. The Morgan fingerprint density at radius 2 is 1.55 bits per heavy atom. The molecule has 0 bridgehead atoms. The van der Waals surface area contributed by atoms with Crippen LogP contribution in [-0.2, 0) is 23.9 Å². The van der Waals surface area contributed by atoms with Crippen molar-refractivity contribution in [3.63, 3.8) is 0 Å². The van der Waals surface area contributed by atoms with E-state index >= 15 is 0 Å². The number of hydrogen-bond donors (Lipinski definition) is 0. The summed E-state index contributed by atoms with van der Waals surface area (Å²) in [5.74, 6) is 0.120. The molecule has 4 fully saturated rings. The lowest BCUT2D eigenvalue weighted by molar-refractivity contribution is -0.197. The Balaban J connectivity index is 1.60. The summed E-state index contributed by atoms with van der Waals surface area (Å²) in [4.78, 5) is 39.8. The number of fused-ring (bicyclic) bond motifs is 7. The molecular formula is C33H50O5. The molecule has 0 aromatic heterocycles. The average Bonchev–Trinajstić information content (AvgIpc) is 2.81. The van der Waals surface area contributed by atoms with Crippen molar-refractivity contribution in [1.29, 1.82) is 0 Å². The van der Waals surface area contributed by atoms with Crippen LogP contribution in [0.2, 0.25) is 0 Å². The van der Waals surface area contributed by atoms with Crippen LogP contribution in [0.4, 0.5) is 0 Å². The van der Waals surface area contributed by atoms with Crippen molar-refractivity contribution in [1.82, 2.24) is 0 Å². The highest BCUT2D eigenvalue weighted by Crippen LogP contribution is 2.75. The first-order chi connectivity index (χ1) is 17.5. The van der Waals surface area contributed by atoms with Gasteiger partial charge in [0.1, 0.15) is 6.10 Å². The molecule has 38 heavy (non-hydrogen) atoms. The van der Waals surface area contributed by atoms with Crippen LogP contribution >= 0.6 is 0 Å². The standard InChI is InChI=1S/C33H50O5/c1-20(34)38-25-11-12-30(6)23(29(25,4)5)10-13-31(7)24(30)18-22(35)26-21-19-28(2,3)14-16-33(21,27(36)37-9)17-15-32(26,31)8/h18,21,23,25-26H,10-17,19H2,1-9H3/t21-,23?,25+,26+,30+,31-,32-,33+/m0/s1. The van der Waals surface area contributed by atoms with E-state index in [1.807, 2.05) is 0 Å². The number of ether oxygens (including phenoxy) is 2. The molecule has 0 N–H and O–H groups in total. The van der Waals surface area contributed by atoms with Crippen LogP contribution in [0.3, 0.4) is 0 Å². The Labute approximate surface area is 229 Å². The van der Waals surface area contributed by atoms with Crippen LogP contribution in [0.25, 0.3) is 0 Å². The van der Waals surface area contributed by atoms with Crippen LogP contribution in [0.1, 0.15) is 113 Å². The van der Waals surface area contributed by atoms with E-state index in [0.717, 1.165) is 57.8 Å². The fraction of sp³-hybridized carbons (Fsp3) is 0.848. The van der Waals surface area contributed by atoms with Gasteiger partial charge in [0.15, 0.2) is 5.78 Å². The minimum absolute atomic E-state index is 0.0150. The maximum absolute atomic E-state index is 14.4. The van der Waals surface area contributed by atoms with Crippen LogP contribution in [0.15, 0.2) is 11.6 Å². The number of methoxy groups -OCH3 is 1. The van der Waals surface area contributed by atoms with Gasteiger partial charge in [0.2, 0.25) is 0 Å². The normalized spacial score (nSPS) is 46.9. The summed E-state index contributed by atoms with van der Waals surface area (Å²) in [6.45, 7) is 17.8. The number of hydrogen-bond acceptors (Lipinski definition) is 5. The summed E-state index contributed by atoms with van der Waals surface area (Å²) in [5.41, 5.74) is 0.312. The van der Waals surface area contributed by atoms with Gasteiger partial charge in [-0.3, -0.25) is 14.4 Å². The molecule has 212 valence electrons. The fourth-order valence-electron chi connectivity index (χ4n) is 11.0. The third-order valence-electron chi connectivity index (χ3n) is 13.2. The Morgan fingerprint density at radius 1 is 0.895 bits per heavy atom. The minimum Gasteiger partial charge on any atom is -0.469 e. The van der Waals surface area contributed by atoms with E-state index in [0.29, 0.717) is 5.92 Å². The predicted octanol–water partition coefficient (Wildman–Crippen LogP) is 7.07. The lowest BCUT2D eigenvalue weighted by atomic mass is 9.34. The van der Waals surface area contributed by atoms with Gasteiger partial charge < -0.3 is 9.47 Å². The lowest BCUT2D eigenvalue weighted by Crippen LogP contribution is -2.66. The maximum atomic E-state index is 14.4. The second-order valence-corrected chi connectivity index (χ2v) is 15.8. The maximum Gasteiger partial charge on any atom is 0.312 e. The van der Waals surface area contributed by atoms with Crippen molar-refractivity contribution < 1.29 is 23.9 Å².